The number of amides is 3. The number of hydrogen-bond acceptors (Lipinski definition) is 7. The first-order valence-electron chi connectivity index (χ1n) is 12.5. The second-order valence-electron chi connectivity index (χ2n) is 10.1. The average Bonchev–Trinajstić information content (AvgIpc) is 3.26. The van der Waals surface area contributed by atoms with E-state index in [1.165, 1.54) is 11.0 Å². The summed E-state index contributed by atoms with van der Waals surface area (Å²) in [4.78, 5) is 41.7. The molecule has 0 bridgehead atoms. The van der Waals surface area contributed by atoms with Crippen LogP contribution in [0, 0.1) is 5.82 Å². The second kappa shape index (κ2) is 11.6. The smallest absolute Gasteiger partial charge is 0.414 e. The molecule has 1 N–H and O–H groups in total. The highest BCUT2D eigenvalue weighted by Crippen LogP contribution is 2.28. The lowest BCUT2D eigenvalue weighted by molar-refractivity contribution is -0.133. The van der Waals surface area contributed by atoms with Gasteiger partial charge in [0.1, 0.15) is 23.3 Å². The van der Waals surface area contributed by atoms with Gasteiger partial charge < -0.3 is 29.3 Å². The van der Waals surface area contributed by atoms with Gasteiger partial charge in [0.05, 0.1) is 24.5 Å². The number of anilines is 2. The number of piperazine rings is 1. The molecule has 2 fully saturated rings. The summed E-state index contributed by atoms with van der Waals surface area (Å²) in [7, 11) is 0. The Bertz CT molecular complexity index is 1150. The molecule has 0 aromatic heterocycles. The van der Waals surface area contributed by atoms with Crippen LogP contribution in [0.15, 0.2) is 48.5 Å². The topological polar surface area (TPSA) is 101 Å². The van der Waals surface area contributed by atoms with Gasteiger partial charge in [0, 0.05) is 26.2 Å². The Balaban J connectivity index is 1.27. The molecule has 0 aliphatic carbocycles. The van der Waals surface area contributed by atoms with Crippen molar-refractivity contribution in [2.75, 3.05) is 55.7 Å². The number of benzene rings is 2. The maximum atomic E-state index is 15.1. The zero-order valence-electron chi connectivity index (χ0n) is 21.8. The van der Waals surface area contributed by atoms with E-state index >= 15 is 4.39 Å². The van der Waals surface area contributed by atoms with Gasteiger partial charge in [-0.1, -0.05) is 18.2 Å². The van der Waals surface area contributed by atoms with Crippen LogP contribution in [-0.4, -0.2) is 80.6 Å². The first-order valence-corrected chi connectivity index (χ1v) is 12.5. The molecule has 11 heteroatoms. The van der Waals surface area contributed by atoms with Crippen LogP contribution in [-0.2, 0) is 14.3 Å². The summed E-state index contributed by atoms with van der Waals surface area (Å²) in [6.07, 6.45) is -1.81. The molecule has 2 aromatic rings. The van der Waals surface area contributed by atoms with Crippen LogP contribution < -0.4 is 19.9 Å². The fourth-order valence-electron chi connectivity index (χ4n) is 4.22. The van der Waals surface area contributed by atoms with E-state index in [1.807, 2.05) is 23.1 Å². The Morgan fingerprint density at radius 1 is 1.08 bits per heavy atom. The van der Waals surface area contributed by atoms with Crippen molar-refractivity contribution < 1.29 is 33.0 Å². The lowest BCUT2D eigenvalue weighted by atomic mass is 10.2. The van der Waals surface area contributed by atoms with Gasteiger partial charge in [-0.15, -0.1) is 0 Å². The number of nitrogens with one attached hydrogen (secondary N) is 1. The minimum atomic E-state index is -0.638. The van der Waals surface area contributed by atoms with Crippen molar-refractivity contribution in [3.05, 3.63) is 54.3 Å². The molecular weight excluding hydrogens is 495 g/mol. The highest BCUT2D eigenvalue weighted by atomic mass is 19.1. The van der Waals surface area contributed by atoms with Crippen LogP contribution in [0.5, 0.6) is 5.75 Å². The van der Waals surface area contributed by atoms with Crippen LogP contribution in [0.1, 0.15) is 20.8 Å². The molecule has 0 radical (unpaired) electrons. The molecule has 2 saturated heterocycles. The maximum Gasteiger partial charge on any atom is 0.414 e. The Labute approximate surface area is 221 Å². The number of hydrogen-bond donors (Lipinski definition) is 1. The monoisotopic (exact) mass is 528 g/mol. The number of halogens is 1. The number of para-hydroxylation sites is 1. The normalized spacial score (nSPS) is 17.7. The maximum absolute atomic E-state index is 15.1. The lowest BCUT2D eigenvalue weighted by Gasteiger charge is -2.36. The van der Waals surface area contributed by atoms with E-state index in [0.29, 0.717) is 43.3 Å². The van der Waals surface area contributed by atoms with E-state index in [2.05, 4.69) is 5.32 Å². The van der Waals surface area contributed by atoms with Gasteiger partial charge >= 0.3 is 12.2 Å². The molecule has 3 amide bonds. The largest absolute Gasteiger partial charge is 0.484 e. The Hall–Kier alpha value is -4.02. The average molecular weight is 529 g/mol. The van der Waals surface area contributed by atoms with Crippen LogP contribution in [0.4, 0.5) is 25.4 Å². The van der Waals surface area contributed by atoms with E-state index < -0.39 is 29.7 Å². The molecule has 4 rings (SSSR count). The predicted molar refractivity (Wildman–Crippen MR) is 139 cm³/mol. The quantitative estimate of drug-likeness (QED) is 0.588. The number of alkyl carbamates (subject to hydrolysis) is 1. The third-order valence-corrected chi connectivity index (χ3v) is 6.07. The molecular formula is C27H33FN4O6. The molecule has 2 heterocycles. The van der Waals surface area contributed by atoms with Gasteiger partial charge in [0.2, 0.25) is 0 Å². The summed E-state index contributed by atoms with van der Waals surface area (Å²) in [5.41, 5.74) is 0.126. The highest BCUT2D eigenvalue weighted by Gasteiger charge is 2.33. The molecule has 2 aromatic carbocycles. The summed E-state index contributed by atoms with van der Waals surface area (Å²) >= 11 is 0. The molecule has 10 nitrogen and oxygen atoms in total. The SMILES string of the molecule is CC(C)(C)OC(=O)NCC1CN(c2ccc(N3CCN(C(=O)COc4ccccc4)CC3)c(F)c2)C(=O)O1. The molecule has 0 saturated carbocycles. The number of ether oxygens (including phenoxy) is 3. The zero-order chi connectivity index (χ0) is 27.3. The molecule has 38 heavy (non-hydrogen) atoms. The fraction of sp³-hybridized carbons (Fsp3) is 0.444. The highest BCUT2D eigenvalue weighted by molar-refractivity contribution is 5.90. The number of rotatable bonds is 7. The Morgan fingerprint density at radius 3 is 2.45 bits per heavy atom. The van der Waals surface area contributed by atoms with Crippen molar-refractivity contribution in [1.29, 1.82) is 0 Å². The fourth-order valence-corrected chi connectivity index (χ4v) is 4.22. The number of carbonyl (C=O) groups excluding carboxylic acids is 3. The summed E-state index contributed by atoms with van der Waals surface area (Å²) < 4.78 is 31.1. The van der Waals surface area contributed by atoms with Crippen molar-refractivity contribution in [3.8, 4) is 5.75 Å². The van der Waals surface area contributed by atoms with Gasteiger partial charge in [0.15, 0.2) is 6.61 Å². The molecule has 2 aliphatic heterocycles. The predicted octanol–water partition coefficient (Wildman–Crippen LogP) is 3.40. The van der Waals surface area contributed by atoms with Crippen molar-refractivity contribution >= 4 is 29.5 Å². The summed E-state index contributed by atoms with van der Waals surface area (Å²) in [5.74, 6) is 0.0413. The van der Waals surface area contributed by atoms with E-state index in [1.54, 1.807) is 49.9 Å². The minimum absolute atomic E-state index is 0.0483. The zero-order valence-corrected chi connectivity index (χ0v) is 21.8. The third kappa shape index (κ3) is 7.05. The Kier molecular flexibility index (Phi) is 8.23. The van der Waals surface area contributed by atoms with Gasteiger partial charge in [-0.3, -0.25) is 9.69 Å². The van der Waals surface area contributed by atoms with Crippen LogP contribution in [0.2, 0.25) is 0 Å². The summed E-state index contributed by atoms with van der Waals surface area (Å²) in [6.45, 7) is 7.29. The van der Waals surface area contributed by atoms with Gasteiger partial charge in [-0.25, -0.2) is 14.0 Å². The van der Waals surface area contributed by atoms with E-state index in [4.69, 9.17) is 14.2 Å². The molecule has 1 atom stereocenters. The number of carbonyl (C=O) groups is 3. The minimum Gasteiger partial charge on any atom is -0.484 e. The first-order chi connectivity index (χ1) is 18.1. The molecule has 1 unspecified atom stereocenters. The van der Waals surface area contributed by atoms with E-state index in [-0.39, 0.29) is 25.6 Å². The van der Waals surface area contributed by atoms with Crippen molar-refractivity contribution in [2.24, 2.45) is 0 Å². The third-order valence-electron chi connectivity index (χ3n) is 6.07. The summed E-state index contributed by atoms with van der Waals surface area (Å²) in [5, 5.41) is 2.58. The van der Waals surface area contributed by atoms with Crippen LogP contribution in [0.3, 0.4) is 0 Å². The lowest BCUT2D eigenvalue weighted by Crippen LogP contribution is -2.50. The summed E-state index contributed by atoms with van der Waals surface area (Å²) in [6, 6.07) is 13.7. The van der Waals surface area contributed by atoms with Crippen LogP contribution >= 0.6 is 0 Å². The second-order valence-corrected chi connectivity index (χ2v) is 10.1. The van der Waals surface area contributed by atoms with Crippen LogP contribution in [0.25, 0.3) is 0 Å². The van der Waals surface area contributed by atoms with Gasteiger partial charge in [-0.05, 0) is 51.1 Å². The van der Waals surface area contributed by atoms with Gasteiger partial charge in [-0.2, -0.15) is 0 Å². The number of nitrogens with zero attached hydrogens (tertiary/aromatic N) is 3. The van der Waals surface area contributed by atoms with Gasteiger partial charge in [0.25, 0.3) is 5.91 Å². The molecule has 0 spiro atoms. The van der Waals surface area contributed by atoms with Crippen molar-refractivity contribution in [3.63, 3.8) is 0 Å². The Morgan fingerprint density at radius 2 is 1.79 bits per heavy atom. The standard InChI is InChI=1S/C27H33FN4O6/c1-27(2,3)38-25(34)29-16-21-17-32(26(35)37-21)19-9-10-23(22(28)15-19)30-11-13-31(14-12-30)24(33)18-36-20-7-5-4-6-8-20/h4-10,15,21H,11-14,16-18H2,1-3H3,(H,29,34). The first kappa shape index (κ1) is 27.0. The molecule has 2 aliphatic rings. The molecule has 204 valence electrons. The van der Waals surface area contributed by atoms with Crippen molar-refractivity contribution in [1.82, 2.24) is 10.2 Å². The van der Waals surface area contributed by atoms with Crippen molar-refractivity contribution in [2.45, 2.75) is 32.5 Å². The van der Waals surface area contributed by atoms with E-state index in [9.17, 15) is 14.4 Å². The number of cyclic esters (lactones) is 1. The van der Waals surface area contributed by atoms with E-state index in [0.717, 1.165) is 0 Å².